The molecule has 1 unspecified atom stereocenters. The third-order valence-corrected chi connectivity index (χ3v) is 5.58. The number of rotatable bonds is 5. The van der Waals surface area contributed by atoms with Crippen molar-refractivity contribution >= 4 is 58.1 Å². The van der Waals surface area contributed by atoms with Gasteiger partial charge in [-0.25, -0.2) is 0 Å². The van der Waals surface area contributed by atoms with Gasteiger partial charge in [0.1, 0.15) is 0 Å². The van der Waals surface area contributed by atoms with E-state index < -0.39 is 5.25 Å². The minimum absolute atomic E-state index is 0.0289. The molecule has 0 spiro atoms. The third-order valence-electron chi connectivity index (χ3n) is 4.07. The van der Waals surface area contributed by atoms with Gasteiger partial charge in [-0.05, 0) is 36.4 Å². The van der Waals surface area contributed by atoms with E-state index in [1.807, 2.05) is 6.07 Å². The molecule has 146 valence electrons. The molecule has 3 rings (SSSR count). The molecular formula is C20H20ClN3O3S. The van der Waals surface area contributed by atoms with E-state index in [1.54, 1.807) is 50.2 Å². The monoisotopic (exact) mass is 417 g/mol. The van der Waals surface area contributed by atoms with Gasteiger partial charge in [-0.3, -0.25) is 14.4 Å². The molecule has 1 heterocycles. The highest BCUT2D eigenvalue weighted by atomic mass is 35.5. The molecule has 0 aliphatic carbocycles. The second kappa shape index (κ2) is 8.67. The number of halogens is 1. The summed E-state index contributed by atoms with van der Waals surface area (Å²) in [6, 6.07) is 12.2. The van der Waals surface area contributed by atoms with E-state index >= 15 is 0 Å². The predicted octanol–water partition coefficient (Wildman–Crippen LogP) is 4.38. The van der Waals surface area contributed by atoms with E-state index in [-0.39, 0.29) is 30.1 Å². The zero-order valence-corrected chi connectivity index (χ0v) is 17.0. The fourth-order valence-corrected chi connectivity index (χ4v) is 3.86. The van der Waals surface area contributed by atoms with Crippen LogP contribution in [0.25, 0.3) is 0 Å². The highest BCUT2D eigenvalue weighted by molar-refractivity contribution is 8.01. The Morgan fingerprint density at radius 1 is 1.14 bits per heavy atom. The average molecular weight is 418 g/mol. The van der Waals surface area contributed by atoms with Crippen LogP contribution in [0, 0.1) is 5.92 Å². The summed E-state index contributed by atoms with van der Waals surface area (Å²) in [4.78, 5) is 37.4. The van der Waals surface area contributed by atoms with Crippen molar-refractivity contribution in [3.63, 3.8) is 0 Å². The van der Waals surface area contributed by atoms with Gasteiger partial charge in [0.2, 0.25) is 17.7 Å². The first-order valence-corrected chi connectivity index (χ1v) is 10.1. The second-order valence-corrected chi connectivity index (χ2v) is 8.39. The SMILES string of the molecule is CC(C)C(=O)Nc1cccc(NC(=O)CC2Sc3ccc(Cl)cc3NC2=O)c1. The van der Waals surface area contributed by atoms with Gasteiger partial charge in [0.05, 0.1) is 10.9 Å². The largest absolute Gasteiger partial charge is 0.326 e. The van der Waals surface area contributed by atoms with Gasteiger partial charge >= 0.3 is 0 Å². The molecule has 1 aliphatic rings. The molecular weight excluding hydrogens is 398 g/mol. The van der Waals surface area contributed by atoms with Crippen LogP contribution in [-0.4, -0.2) is 23.0 Å². The fourth-order valence-electron chi connectivity index (χ4n) is 2.60. The number of thioether (sulfide) groups is 1. The molecule has 3 amide bonds. The number of carbonyl (C=O) groups excluding carboxylic acids is 3. The molecule has 1 atom stereocenters. The van der Waals surface area contributed by atoms with Crippen LogP contribution >= 0.6 is 23.4 Å². The Kier molecular flexibility index (Phi) is 6.26. The number of fused-ring (bicyclic) bond motifs is 1. The van der Waals surface area contributed by atoms with Crippen molar-refractivity contribution in [1.29, 1.82) is 0 Å². The van der Waals surface area contributed by atoms with Crippen molar-refractivity contribution < 1.29 is 14.4 Å². The quantitative estimate of drug-likeness (QED) is 0.673. The smallest absolute Gasteiger partial charge is 0.238 e. The normalized spacial score (nSPS) is 15.6. The summed E-state index contributed by atoms with van der Waals surface area (Å²) in [6.07, 6.45) is 0.0289. The van der Waals surface area contributed by atoms with Crippen molar-refractivity contribution in [1.82, 2.24) is 0 Å². The third kappa shape index (κ3) is 5.05. The van der Waals surface area contributed by atoms with Crippen LogP contribution in [0.3, 0.4) is 0 Å². The van der Waals surface area contributed by atoms with Gasteiger partial charge in [0.15, 0.2) is 0 Å². The lowest BCUT2D eigenvalue weighted by Gasteiger charge is -2.23. The molecule has 0 fully saturated rings. The number of benzene rings is 2. The molecule has 0 saturated heterocycles. The van der Waals surface area contributed by atoms with Crippen molar-refractivity contribution in [2.24, 2.45) is 5.92 Å². The van der Waals surface area contributed by atoms with Crippen LogP contribution in [0.5, 0.6) is 0 Å². The lowest BCUT2D eigenvalue weighted by Crippen LogP contribution is -2.32. The molecule has 0 bridgehead atoms. The molecule has 2 aromatic carbocycles. The van der Waals surface area contributed by atoms with Gasteiger partial charge in [0.25, 0.3) is 0 Å². The molecule has 28 heavy (non-hydrogen) atoms. The summed E-state index contributed by atoms with van der Waals surface area (Å²) in [6.45, 7) is 3.61. The molecule has 0 radical (unpaired) electrons. The number of nitrogens with one attached hydrogen (secondary N) is 3. The average Bonchev–Trinajstić information content (AvgIpc) is 2.62. The second-order valence-electron chi connectivity index (χ2n) is 6.71. The number of carbonyl (C=O) groups is 3. The molecule has 3 N–H and O–H groups in total. The lowest BCUT2D eigenvalue weighted by atomic mass is 10.2. The topological polar surface area (TPSA) is 87.3 Å². The van der Waals surface area contributed by atoms with E-state index in [0.29, 0.717) is 22.1 Å². The maximum Gasteiger partial charge on any atom is 0.238 e. The summed E-state index contributed by atoms with van der Waals surface area (Å²) in [7, 11) is 0. The number of amides is 3. The van der Waals surface area contributed by atoms with Crippen LogP contribution in [-0.2, 0) is 14.4 Å². The zero-order chi connectivity index (χ0) is 20.3. The number of anilines is 3. The van der Waals surface area contributed by atoms with Crippen LogP contribution in [0.4, 0.5) is 17.1 Å². The van der Waals surface area contributed by atoms with Gasteiger partial charge in [-0.15, -0.1) is 11.8 Å². The highest BCUT2D eigenvalue weighted by Gasteiger charge is 2.29. The summed E-state index contributed by atoms with van der Waals surface area (Å²) >= 11 is 7.28. The highest BCUT2D eigenvalue weighted by Crippen LogP contribution is 2.38. The molecule has 2 aromatic rings. The standard InChI is InChI=1S/C20H20ClN3O3S/c1-11(2)19(26)23-14-5-3-4-13(9-14)22-18(25)10-17-20(27)24-15-8-12(21)6-7-16(15)28-17/h3-9,11,17H,10H2,1-2H3,(H,22,25)(H,23,26)(H,24,27). The Morgan fingerprint density at radius 2 is 1.86 bits per heavy atom. The van der Waals surface area contributed by atoms with Crippen molar-refractivity contribution in [3.05, 3.63) is 47.5 Å². The Bertz CT molecular complexity index is 933. The Hall–Kier alpha value is -2.51. The van der Waals surface area contributed by atoms with Gasteiger partial charge in [-0.1, -0.05) is 31.5 Å². The lowest BCUT2D eigenvalue weighted by molar-refractivity contribution is -0.120. The summed E-state index contributed by atoms with van der Waals surface area (Å²) in [5.41, 5.74) is 1.82. The summed E-state index contributed by atoms with van der Waals surface area (Å²) in [5.74, 6) is -0.749. The van der Waals surface area contributed by atoms with Crippen LogP contribution in [0.15, 0.2) is 47.4 Å². The van der Waals surface area contributed by atoms with Crippen LogP contribution in [0.2, 0.25) is 5.02 Å². The first-order chi connectivity index (χ1) is 13.3. The van der Waals surface area contributed by atoms with Gasteiger partial charge in [-0.2, -0.15) is 0 Å². The fraction of sp³-hybridized carbons (Fsp3) is 0.250. The van der Waals surface area contributed by atoms with Gasteiger partial charge < -0.3 is 16.0 Å². The Balaban J connectivity index is 1.62. The zero-order valence-electron chi connectivity index (χ0n) is 15.4. The molecule has 6 nitrogen and oxygen atoms in total. The maximum absolute atomic E-state index is 12.4. The summed E-state index contributed by atoms with van der Waals surface area (Å²) < 4.78 is 0. The minimum atomic E-state index is -0.530. The van der Waals surface area contributed by atoms with E-state index in [9.17, 15) is 14.4 Å². The maximum atomic E-state index is 12.4. The van der Waals surface area contributed by atoms with E-state index in [2.05, 4.69) is 16.0 Å². The Morgan fingerprint density at radius 3 is 2.57 bits per heavy atom. The number of hydrogen-bond acceptors (Lipinski definition) is 4. The first-order valence-electron chi connectivity index (χ1n) is 8.79. The van der Waals surface area contributed by atoms with Crippen molar-refractivity contribution in [2.45, 2.75) is 30.4 Å². The van der Waals surface area contributed by atoms with E-state index in [0.717, 1.165) is 4.90 Å². The minimum Gasteiger partial charge on any atom is -0.326 e. The molecule has 1 aliphatic heterocycles. The van der Waals surface area contributed by atoms with Gasteiger partial charge in [0, 0.05) is 33.6 Å². The predicted molar refractivity (Wildman–Crippen MR) is 113 cm³/mol. The summed E-state index contributed by atoms with van der Waals surface area (Å²) in [5, 5.41) is 8.37. The molecule has 0 saturated carbocycles. The van der Waals surface area contributed by atoms with E-state index in [1.165, 1.54) is 11.8 Å². The van der Waals surface area contributed by atoms with E-state index in [4.69, 9.17) is 11.6 Å². The van der Waals surface area contributed by atoms with Crippen molar-refractivity contribution in [2.75, 3.05) is 16.0 Å². The first kappa shape index (κ1) is 20.2. The Labute approximate surface area is 172 Å². The number of hydrogen-bond donors (Lipinski definition) is 3. The van der Waals surface area contributed by atoms with Crippen LogP contribution < -0.4 is 16.0 Å². The van der Waals surface area contributed by atoms with Crippen LogP contribution in [0.1, 0.15) is 20.3 Å². The molecule has 0 aromatic heterocycles. The van der Waals surface area contributed by atoms with Crippen molar-refractivity contribution in [3.8, 4) is 0 Å². The molecule has 8 heteroatoms.